The van der Waals surface area contributed by atoms with Crippen molar-refractivity contribution in [3.8, 4) is 0 Å². The molecule has 3 rings (SSSR count). The van der Waals surface area contributed by atoms with Gasteiger partial charge in [0.15, 0.2) is 0 Å². The van der Waals surface area contributed by atoms with Crippen LogP contribution in [0.15, 0.2) is 24.8 Å². The van der Waals surface area contributed by atoms with E-state index >= 15 is 0 Å². The van der Waals surface area contributed by atoms with Gasteiger partial charge in [-0.15, -0.1) is 0 Å². The van der Waals surface area contributed by atoms with E-state index in [0.717, 1.165) is 58.0 Å². The summed E-state index contributed by atoms with van der Waals surface area (Å²) in [5.74, 6) is 1.44. The van der Waals surface area contributed by atoms with E-state index in [-0.39, 0.29) is 29.8 Å². The lowest BCUT2D eigenvalue weighted by Gasteiger charge is -2.36. The Kier molecular flexibility index (Phi) is 8.69. The van der Waals surface area contributed by atoms with Gasteiger partial charge in [0, 0.05) is 12.1 Å². The van der Waals surface area contributed by atoms with E-state index in [1.54, 1.807) is 0 Å². The zero-order valence-corrected chi connectivity index (χ0v) is 21.0. The first kappa shape index (κ1) is 25.0. The van der Waals surface area contributed by atoms with Crippen molar-refractivity contribution in [2.24, 2.45) is 20.0 Å². The normalized spacial score (nSPS) is 20.6. The van der Waals surface area contributed by atoms with Crippen LogP contribution >= 0.6 is 0 Å². The van der Waals surface area contributed by atoms with Gasteiger partial charge >= 0.3 is 23.5 Å². The van der Waals surface area contributed by atoms with Gasteiger partial charge in [-0.2, -0.15) is 0 Å². The number of carbonyl (C=O) groups is 2. The maximum absolute atomic E-state index is 13.2. The van der Waals surface area contributed by atoms with Crippen molar-refractivity contribution in [2.45, 2.75) is 90.9 Å². The number of nitrogens with zero attached hydrogens (tertiary/aromatic N) is 4. The summed E-state index contributed by atoms with van der Waals surface area (Å²) in [5, 5.41) is 6.55. The van der Waals surface area contributed by atoms with E-state index in [4.69, 9.17) is 0 Å². The zero-order chi connectivity index (χ0) is 24.0. The molecule has 0 spiro atoms. The molecule has 8 heteroatoms. The maximum Gasteiger partial charge on any atom is 0.347 e. The molecule has 2 atom stereocenters. The second-order valence-electron chi connectivity index (χ2n) is 9.51. The van der Waals surface area contributed by atoms with E-state index in [1.807, 2.05) is 57.2 Å². The lowest BCUT2D eigenvalue weighted by Crippen LogP contribution is -2.54. The Bertz CT molecular complexity index is 873. The van der Waals surface area contributed by atoms with Crippen LogP contribution in [0.5, 0.6) is 0 Å². The molecule has 0 bridgehead atoms. The van der Waals surface area contributed by atoms with E-state index in [0.29, 0.717) is 11.6 Å². The minimum Gasteiger partial charge on any atom is -0.342 e. The molecule has 2 amide bonds. The number of hydrogen-bond donors (Lipinski definition) is 2. The number of hydrogen-bond acceptors (Lipinski definition) is 2. The van der Waals surface area contributed by atoms with Crippen LogP contribution in [0.25, 0.3) is 0 Å². The first-order valence-electron chi connectivity index (χ1n) is 12.6. The topological polar surface area (TPSA) is 75.8 Å². The summed E-state index contributed by atoms with van der Waals surface area (Å²) in [5.41, 5.74) is 0. The van der Waals surface area contributed by atoms with Crippen molar-refractivity contribution in [2.75, 3.05) is 0 Å². The average molecular weight is 459 g/mol. The maximum atomic E-state index is 13.2. The van der Waals surface area contributed by atoms with Crippen LogP contribution < -0.4 is 19.8 Å². The Morgan fingerprint density at radius 3 is 1.70 bits per heavy atom. The van der Waals surface area contributed by atoms with Crippen LogP contribution in [0.2, 0.25) is 0 Å². The molecule has 2 unspecified atom stereocenters. The van der Waals surface area contributed by atoms with Gasteiger partial charge in [0.05, 0.1) is 27.2 Å². The van der Waals surface area contributed by atoms with Gasteiger partial charge in [-0.25, -0.2) is 18.3 Å². The SMILES string of the molecule is CCCCn1cc[n+](C)c1C(=O)NC1CCCC(NC(=O)c2n(CCCC)cc[n+]2C)C1C. The van der Waals surface area contributed by atoms with Crippen LogP contribution in [0.3, 0.4) is 0 Å². The number of carbonyl (C=O) groups excluding carboxylic acids is 2. The fraction of sp³-hybridized carbons (Fsp3) is 0.680. The van der Waals surface area contributed by atoms with Crippen LogP contribution in [-0.2, 0) is 27.2 Å². The summed E-state index contributed by atoms with van der Waals surface area (Å²) < 4.78 is 7.86. The molecule has 2 N–H and O–H groups in total. The van der Waals surface area contributed by atoms with Gasteiger partial charge in [-0.3, -0.25) is 9.59 Å². The largest absolute Gasteiger partial charge is 0.347 e. The third-order valence-corrected chi connectivity index (χ3v) is 7.00. The monoisotopic (exact) mass is 458 g/mol. The standard InChI is InChI=1S/C25H40N6O2/c1-6-8-13-30-17-15-28(4)24(30)22(32)26-20-11-10-12-21(19(20)3)27-23(33)25-29(5)16-18-31(25)14-9-7-2/h15-21H,6-14H2,1-5H3/p+2. The number of imidazole rings is 2. The summed E-state index contributed by atoms with van der Waals surface area (Å²) in [6.45, 7) is 8.13. The molecular formula is C25H42N6O2+2. The third kappa shape index (κ3) is 5.84. The summed E-state index contributed by atoms with van der Waals surface area (Å²) in [6.07, 6.45) is 14.9. The highest BCUT2D eigenvalue weighted by molar-refractivity contribution is 5.90. The fourth-order valence-electron chi connectivity index (χ4n) is 4.88. The number of aryl methyl sites for hydroxylation is 4. The van der Waals surface area contributed by atoms with Gasteiger partial charge in [-0.05, 0) is 38.0 Å². The second kappa shape index (κ2) is 11.5. The first-order chi connectivity index (χ1) is 15.9. The molecular weight excluding hydrogens is 416 g/mol. The van der Waals surface area contributed by atoms with E-state index < -0.39 is 0 Å². The van der Waals surface area contributed by atoms with Crippen molar-refractivity contribution < 1.29 is 18.7 Å². The average Bonchev–Trinajstić information content (AvgIpc) is 3.35. The molecule has 0 aliphatic heterocycles. The van der Waals surface area contributed by atoms with Crippen molar-refractivity contribution in [1.29, 1.82) is 0 Å². The summed E-state index contributed by atoms with van der Waals surface area (Å²) in [6, 6.07) is 0.0680. The van der Waals surface area contributed by atoms with Gasteiger partial charge < -0.3 is 10.6 Å². The highest BCUT2D eigenvalue weighted by Crippen LogP contribution is 2.25. The van der Waals surface area contributed by atoms with Crippen molar-refractivity contribution >= 4 is 11.8 Å². The van der Waals surface area contributed by atoms with E-state index in [1.165, 1.54) is 0 Å². The van der Waals surface area contributed by atoms with Crippen molar-refractivity contribution in [3.05, 3.63) is 36.4 Å². The van der Waals surface area contributed by atoms with Crippen LogP contribution in [0, 0.1) is 5.92 Å². The van der Waals surface area contributed by atoms with Gasteiger partial charge in [0.2, 0.25) is 0 Å². The van der Waals surface area contributed by atoms with Crippen molar-refractivity contribution in [3.63, 3.8) is 0 Å². The van der Waals surface area contributed by atoms with Crippen LogP contribution in [-0.4, -0.2) is 33.0 Å². The molecule has 1 aliphatic carbocycles. The Balaban J connectivity index is 1.67. The molecule has 2 aromatic rings. The molecule has 182 valence electrons. The molecule has 0 saturated heterocycles. The van der Waals surface area contributed by atoms with E-state index in [2.05, 4.69) is 31.4 Å². The molecule has 1 saturated carbocycles. The Morgan fingerprint density at radius 2 is 1.30 bits per heavy atom. The number of aromatic nitrogens is 4. The molecule has 0 aromatic carbocycles. The Labute approximate surface area is 198 Å². The van der Waals surface area contributed by atoms with Crippen molar-refractivity contribution in [1.82, 2.24) is 19.8 Å². The van der Waals surface area contributed by atoms with E-state index in [9.17, 15) is 9.59 Å². The Morgan fingerprint density at radius 1 is 0.879 bits per heavy atom. The van der Waals surface area contributed by atoms with Crippen LogP contribution in [0.4, 0.5) is 0 Å². The lowest BCUT2D eigenvalue weighted by molar-refractivity contribution is -0.673. The predicted octanol–water partition coefficient (Wildman–Crippen LogP) is 2.26. The smallest absolute Gasteiger partial charge is 0.342 e. The molecule has 1 fully saturated rings. The number of amides is 2. The second-order valence-corrected chi connectivity index (χ2v) is 9.51. The van der Waals surface area contributed by atoms with Gasteiger partial charge in [0.25, 0.3) is 0 Å². The highest BCUT2D eigenvalue weighted by Gasteiger charge is 2.36. The molecule has 2 heterocycles. The molecule has 33 heavy (non-hydrogen) atoms. The van der Waals surface area contributed by atoms with Crippen LogP contribution in [0.1, 0.15) is 87.0 Å². The summed E-state index contributed by atoms with van der Waals surface area (Å²) in [7, 11) is 3.83. The number of nitrogens with one attached hydrogen (secondary N) is 2. The molecule has 0 radical (unpaired) electrons. The minimum absolute atomic E-state index is 0.0340. The highest BCUT2D eigenvalue weighted by atomic mass is 16.2. The number of rotatable bonds is 10. The summed E-state index contributed by atoms with van der Waals surface area (Å²) >= 11 is 0. The zero-order valence-electron chi connectivity index (χ0n) is 21.0. The molecule has 8 nitrogen and oxygen atoms in total. The predicted molar refractivity (Wildman–Crippen MR) is 127 cm³/mol. The summed E-state index contributed by atoms with van der Waals surface area (Å²) in [4.78, 5) is 26.4. The Hall–Kier alpha value is -2.64. The molecule has 1 aliphatic rings. The lowest BCUT2D eigenvalue weighted by atomic mass is 9.81. The van der Waals surface area contributed by atoms with Gasteiger partial charge in [0.1, 0.15) is 24.8 Å². The fourth-order valence-corrected chi connectivity index (χ4v) is 4.88. The van der Waals surface area contributed by atoms with Gasteiger partial charge in [-0.1, -0.05) is 33.6 Å². The quantitative estimate of drug-likeness (QED) is 0.536. The minimum atomic E-state index is -0.0396. The first-order valence-corrected chi connectivity index (χ1v) is 12.6. The molecule has 2 aromatic heterocycles. The third-order valence-electron chi connectivity index (χ3n) is 7.00. The number of unbranched alkanes of at least 4 members (excludes halogenated alkanes) is 2.